The molecule has 1 atom stereocenters. The summed E-state index contributed by atoms with van der Waals surface area (Å²) in [5, 5.41) is 21.8. The van der Waals surface area contributed by atoms with Crippen LogP contribution in [0.4, 0.5) is 16.0 Å². The van der Waals surface area contributed by atoms with Crippen LogP contribution in [0.15, 0.2) is 53.3 Å². The summed E-state index contributed by atoms with van der Waals surface area (Å²) in [6, 6.07) is 13.7. The molecule has 1 aliphatic rings. The van der Waals surface area contributed by atoms with Gasteiger partial charge in [0.2, 0.25) is 5.95 Å². The fraction of sp³-hybridized carbons (Fsp3) is 0.227. The molecule has 4 aromatic rings. The van der Waals surface area contributed by atoms with Crippen molar-refractivity contribution in [1.82, 2.24) is 30.4 Å². The lowest BCUT2D eigenvalue weighted by Gasteiger charge is -2.28. The number of fused-ring (bicyclic) bond motifs is 2. The minimum Gasteiger partial charge on any atom is -0.318 e. The van der Waals surface area contributed by atoms with Crippen LogP contribution in [0, 0.1) is 5.82 Å². The molecule has 9 heteroatoms. The lowest BCUT2D eigenvalue weighted by Crippen LogP contribution is -2.29. The number of nitrogens with zero attached hydrogens (tertiary/aromatic N) is 5. The molecule has 0 spiro atoms. The van der Waals surface area contributed by atoms with E-state index in [2.05, 4.69) is 63.9 Å². The first-order chi connectivity index (χ1) is 14.8. The van der Waals surface area contributed by atoms with Crippen LogP contribution in [-0.2, 0) is 5.41 Å². The number of aromatic nitrogens is 6. The highest BCUT2D eigenvalue weighted by Crippen LogP contribution is 2.41. The fourth-order valence-electron chi connectivity index (χ4n) is 3.84. The average Bonchev–Trinajstić information content (AvgIpc) is 3.21. The van der Waals surface area contributed by atoms with Crippen molar-refractivity contribution in [3.05, 3.63) is 81.4 Å². The minimum atomic E-state index is -0.481. The van der Waals surface area contributed by atoms with Crippen molar-refractivity contribution in [3.8, 4) is 11.3 Å². The second-order valence-electron chi connectivity index (χ2n) is 8.54. The zero-order chi connectivity index (χ0) is 21.8. The molecule has 5 rings (SSSR count). The van der Waals surface area contributed by atoms with Crippen LogP contribution in [0.2, 0.25) is 0 Å². The zero-order valence-electron chi connectivity index (χ0n) is 17.2. The summed E-state index contributed by atoms with van der Waals surface area (Å²) < 4.78 is 15.1. The Balaban J connectivity index is 1.75. The van der Waals surface area contributed by atoms with Gasteiger partial charge in [0.15, 0.2) is 0 Å². The third kappa shape index (κ3) is 3.18. The molecule has 0 unspecified atom stereocenters. The standard InChI is InChI=1S/C22H20FN7O/c1-22(2,3)14-8-4-13(5-9-14)19-16-17(12-6-10-15(23)11-7-12)25-26-20(31)18(16)24-21-27-28-29-30(19)21/h4-11,19H,1-3H3,(H,26,31)(H,24,27,29)/t19-/m0/s1. The number of hydrogen-bond acceptors (Lipinski definition) is 6. The van der Waals surface area contributed by atoms with E-state index in [-0.39, 0.29) is 16.8 Å². The number of nitrogens with one attached hydrogen (secondary N) is 2. The van der Waals surface area contributed by atoms with Crippen molar-refractivity contribution in [1.29, 1.82) is 0 Å². The van der Waals surface area contributed by atoms with Gasteiger partial charge in [0.05, 0.1) is 5.69 Å². The van der Waals surface area contributed by atoms with E-state index in [0.29, 0.717) is 28.5 Å². The Hall–Kier alpha value is -3.88. The van der Waals surface area contributed by atoms with Gasteiger partial charge in [-0.25, -0.2) is 9.49 Å². The largest absolute Gasteiger partial charge is 0.318 e. The Bertz CT molecular complexity index is 1320. The van der Waals surface area contributed by atoms with Crippen molar-refractivity contribution < 1.29 is 4.39 Å². The molecule has 2 N–H and O–H groups in total. The molecule has 8 nitrogen and oxygen atoms in total. The molecule has 0 radical (unpaired) electrons. The smallest absolute Gasteiger partial charge is 0.288 e. The van der Waals surface area contributed by atoms with E-state index in [1.54, 1.807) is 16.8 Å². The third-order valence-corrected chi connectivity index (χ3v) is 5.48. The van der Waals surface area contributed by atoms with E-state index >= 15 is 0 Å². The maximum absolute atomic E-state index is 13.5. The highest BCUT2D eigenvalue weighted by Gasteiger charge is 2.34. The topological polar surface area (TPSA) is 101 Å². The molecule has 0 fully saturated rings. The predicted octanol–water partition coefficient (Wildman–Crippen LogP) is 3.55. The highest BCUT2D eigenvalue weighted by atomic mass is 19.1. The summed E-state index contributed by atoms with van der Waals surface area (Å²) >= 11 is 0. The van der Waals surface area contributed by atoms with E-state index in [9.17, 15) is 9.18 Å². The average molecular weight is 417 g/mol. The summed E-state index contributed by atoms with van der Waals surface area (Å²) in [5.74, 6) is 0.0106. The number of aromatic amines is 1. The van der Waals surface area contributed by atoms with Crippen LogP contribution >= 0.6 is 0 Å². The van der Waals surface area contributed by atoms with Crippen LogP contribution in [0.5, 0.6) is 0 Å². The van der Waals surface area contributed by atoms with Gasteiger partial charge in [-0.1, -0.05) is 50.1 Å². The fourth-order valence-corrected chi connectivity index (χ4v) is 3.84. The van der Waals surface area contributed by atoms with E-state index in [0.717, 1.165) is 5.56 Å². The lowest BCUT2D eigenvalue weighted by molar-refractivity contribution is 0.564. The summed E-state index contributed by atoms with van der Waals surface area (Å²) in [6.45, 7) is 6.45. The number of anilines is 2. The van der Waals surface area contributed by atoms with E-state index in [1.165, 1.54) is 17.7 Å². The van der Waals surface area contributed by atoms with E-state index < -0.39 is 6.04 Å². The molecule has 1 aliphatic heterocycles. The first kappa shape index (κ1) is 19.1. The normalized spacial score (nSPS) is 15.2. The summed E-state index contributed by atoms with van der Waals surface area (Å²) in [6.07, 6.45) is 0. The van der Waals surface area contributed by atoms with E-state index in [4.69, 9.17) is 0 Å². The number of tetrazole rings is 1. The molecule has 31 heavy (non-hydrogen) atoms. The van der Waals surface area contributed by atoms with Gasteiger partial charge < -0.3 is 5.32 Å². The molecule has 0 saturated carbocycles. The third-order valence-electron chi connectivity index (χ3n) is 5.48. The van der Waals surface area contributed by atoms with Crippen LogP contribution in [0.1, 0.15) is 43.5 Å². The summed E-state index contributed by atoms with van der Waals surface area (Å²) in [5.41, 5.74) is 3.84. The molecule has 0 saturated heterocycles. The van der Waals surface area contributed by atoms with Crippen molar-refractivity contribution in [3.63, 3.8) is 0 Å². The van der Waals surface area contributed by atoms with Gasteiger partial charge in [0.1, 0.15) is 17.5 Å². The minimum absolute atomic E-state index is 0.00248. The quantitative estimate of drug-likeness (QED) is 0.455. The van der Waals surface area contributed by atoms with Gasteiger partial charge in [0, 0.05) is 11.1 Å². The van der Waals surface area contributed by atoms with Gasteiger partial charge in [-0.3, -0.25) is 4.79 Å². The molecule has 3 heterocycles. The number of rotatable bonds is 2. The van der Waals surface area contributed by atoms with Crippen LogP contribution in [0.3, 0.4) is 0 Å². The number of hydrogen-bond donors (Lipinski definition) is 2. The molecular formula is C22H20FN7O. The number of H-pyrrole nitrogens is 1. The van der Waals surface area contributed by atoms with Crippen molar-refractivity contribution >= 4 is 11.6 Å². The lowest BCUT2D eigenvalue weighted by atomic mass is 9.85. The van der Waals surface area contributed by atoms with Crippen molar-refractivity contribution in [2.45, 2.75) is 32.2 Å². The maximum atomic E-state index is 13.5. The molecule has 0 aliphatic carbocycles. The Labute approximate surface area is 177 Å². The van der Waals surface area contributed by atoms with Crippen LogP contribution in [-0.4, -0.2) is 30.4 Å². The first-order valence-electron chi connectivity index (χ1n) is 9.87. The van der Waals surface area contributed by atoms with Gasteiger partial charge in [-0.2, -0.15) is 9.78 Å². The molecule has 0 amide bonds. The molecule has 2 aromatic heterocycles. The van der Waals surface area contributed by atoms with Crippen LogP contribution < -0.4 is 10.9 Å². The van der Waals surface area contributed by atoms with Crippen molar-refractivity contribution in [2.75, 3.05) is 5.32 Å². The van der Waals surface area contributed by atoms with Gasteiger partial charge in [-0.15, -0.1) is 0 Å². The van der Waals surface area contributed by atoms with E-state index in [1.807, 2.05) is 12.1 Å². The summed E-state index contributed by atoms with van der Waals surface area (Å²) in [7, 11) is 0. The second-order valence-corrected chi connectivity index (χ2v) is 8.54. The molecule has 0 bridgehead atoms. The zero-order valence-corrected chi connectivity index (χ0v) is 17.2. The Morgan fingerprint density at radius 1 is 1.03 bits per heavy atom. The highest BCUT2D eigenvalue weighted by molar-refractivity contribution is 5.75. The van der Waals surface area contributed by atoms with Crippen molar-refractivity contribution in [2.24, 2.45) is 0 Å². The Morgan fingerprint density at radius 3 is 2.42 bits per heavy atom. The SMILES string of the molecule is CC(C)(C)c1ccc([C@H]2c3c(-c4ccc(F)cc4)n[nH]c(=O)c3Nc3nnnn32)cc1. The monoisotopic (exact) mass is 417 g/mol. The van der Waals surface area contributed by atoms with Gasteiger partial charge >= 0.3 is 0 Å². The van der Waals surface area contributed by atoms with Gasteiger partial charge in [0.25, 0.3) is 5.56 Å². The maximum Gasteiger partial charge on any atom is 0.288 e. The van der Waals surface area contributed by atoms with Gasteiger partial charge in [-0.05, 0) is 51.2 Å². The number of benzene rings is 2. The number of halogens is 1. The Morgan fingerprint density at radius 2 is 1.74 bits per heavy atom. The van der Waals surface area contributed by atoms with Crippen LogP contribution in [0.25, 0.3) is 11.3 Å². The first-order valence-corrected chi connectivity index (χ1v) is 9.87. The summed E-state index contributed by atoms with van der Waals surface area (Å²) in [4.78, 5) is 12.7. The predicted molar refractivity (Wildman–Crippen MR) is 114 cm³/mol. The Kier molecular flexibility index (Phi) is 4.21. The molecule has 2 aromatic carbocycles. The molecule has 156 valence electrons. The second kappa shape index (κ2) is 6.83. The molecular weight excluding hydrogens is 397 g/mol.